The highest BCUT2D eigenvalue weighted by molar-refractivity contribution is 6.22. The number of aliphatic hydroxyl groups is 1. The van der Waals surface area contributed by atoms with Crippen LogP contribution in [0.15, 0.2) is 90.0 Å². The van der Waals surface area contributed by atoms with Crippen molar-refractivity contribution in [3.05, 3.63) is 111 Å². The molecule has 0 bridgehead atoms. The molecule has 2 fully saturated rings. The van der Waals surface area contributed by atoms with E-state index in [9.17, 15) is 29.9 Å². The molecule has 9 nitrogen and oxygen atoms in total. The molecule has 0 radical (unpaired) electrons. The topological polar surface area (TPSA) is 130 Å². The molecule has 3 aromatic carbocycles. The van der Waals surface area contributed by atoms with Crippen molar-refractivity contribution in [2.45, 2.75) is 25.4 Å². The summed E-state index contributed by atoms with van der Waals surface area (Å²) in [6.45, 7) is 0.0152. The van der Waals surface area contributed by atoms with Gasteiger partial charge in [0.05, 0.1) is 41.8 Å². The third-order valence-electron chi connectivity index (χ3n) is 8.53. The van der Waals surface area contributed by atoms with E-state index in [1.54, 1.807) is 18.2 Å². The molecule has 3 aromatic rings. The number of nitro benzene ring substituents is 1. The van der Waals surface area contributed by atoms with Gasteiger partial charge in [-0.3, -0.25) is 19.7 Å². The molecule has 214 valence electrons. The van der Waals surface area contributed by atoms with Crippen molar-refractivity contribution in [2.24, 2.45) is 17.8 Å². The van der Waals surface area contributed by atoms with Gasteiger partial charge in [-0.2, -0.15) is 0 Å². The standard InChI is InChI=1S/C33H30N2O7/c36-18-23-16-27-31(33(39)34(32(27)38)24-9-5-10-25(17-24)35(40)41)28-19-42-29(30(23)28)13-12-22(21-7-2-1-3-8-21)14-20-6-4-11-26(37)15-20/h1-11,14-15,17,27-29,31,36-37H,12-13,16,18-19H2/b22-14-/t27-,28+,29-,31-/m1/s1. The maximum absolute atomic E-state index is 13.7. The van der Waals surface area contributed by atoms with Crippen LogP contribution >= 0.6 is 0 Å². The third kappa shape index (κ3) is 5.01. The first kappa shape index (κ1) is 27.6. The molecule has 0 spiro atoms. The van der Waals surface area contributed by atoms with Gasteiger partial charge in [-0.25, -0.2) is 4.90 Å². The molecule has 2 aliphatic heterocycles. The highest BCUT2D eigenvalue weighted by Crippen LogP contribution is 2.50. The summed E-state index contributed by atoms with van der Waals surface area (Å²) in [5.74, 6) is -2.26. The van der Waals surface area contributed by atoms with Crippen LogP contribution in [-0.2, 0) is 14.3 Å². The van der Waals surface area contributed by atoms with Gasteiger partial charge in [0.25, 0.3) is 5.69 Å². The van der Waals surface area contributed by atoms with Gasteiger partial charge in [0, 0.05) is 18.1 Å². The van der Waals surface area contributed by atoms with Gasteiger partial charge >= 0.3 is 0 Å². The molecule has 9 heteroatoms. The molecule has 42 heavy (non-hydrogen) atoms. The van der Waals surface area contributed by atoms with Crippen molar-refractivity contribution < 1.29 is 29.5 Å². The van der Waals surface area contributed by atoms with E-state index in [4.69, 9.17) is 4.74 Å². The fourth-order valence-corrected chi connectivity index (χ4v) is 6.67. The van der Waals surface area contributed by atoms with E-state index < -0.39 is 22.7 Å². The van der Waals surface area contributed by atoms with Gasteiger partial charge in [0.15, 0.2) is 0 Å². The minimum Gasteiger partial charge on any atom is -0.508 e. The summed E-state index contributed by atoms with van der Waals surface area (Å²) in [5, 5.41) is 31.6. The zero-order valence-corrected chi connectivity index (χ0v) is 22.8. The number of hydrogen-bond donors (Lipinski definition) is 2. The van der Waals surface area contributed by atoms with Crippen LogP contribution in [0.25, 0.3) is 11.6 Å². The molecule has 2 N–H and O–H groups in total. The lowest BCUT2D eigenvalue weighted by atomic mass is 9.69. The molecular formula is C33H30N2O7. The largest absolute Gasteiger partial charge is 0.508 e. The van der Waals surface area contributed by atoms with E-state index >= 15 is 0 Å². The molecule has 2 heterocycles. The summed E-state index contributed by atoms with van der Waals surface area (Å²) in [6, 6.07) is 22.5. The smallest absolute Gasteiger partial charge is 0.271 e. The zero-order valence-electron chi connectivity index (χ0n) is 22.8. The van der Waals surface area contributed by atoms with Crippen molar-refractivity contribution in [3.63, 3.8) is 0 Å². The van der Waals surface area contributed by atoms with Crippen LogP contribution in [0.3, 0.4) is 0 Å². The maximum Gasteiger partial charge on any atom is 0.271 e. The quantitative estimate of drug-likeness (QED) is 0.127. The van der Waals surface area contributed by atoms with E-state index in [1.807, 2.05) is 42.5 Å². The lowest BCUT2D eigenvalue weighted by molar-refractivity contribution is -0.384. The van der Waals surface area contributed by atoms with Crippen LogP contribution in [0.1, 0.15) is 30.4 Å². The Bertz CT molecular complexity index is 1610. The summed E-state index contributed by atoms with van der Waals surface area (Å²) >= 11 is 0. The highest BCUT2D eigenvalue weighted by Gasteiger charge is 2.57. The van der Waals surface area contributed by atoms with Gasteiger partial charge < -0.3 is 14.9 Å². The number of benzene rings is 3. The molecule has 0 saturated carbocycles. The van der Waals surface area contributed by atoms with Crippen LogP contribution < -0.4 is 4.90 Å². The van der Waals surface area contributed by atoms with Gasteiger partial charge in [0.1, 0.15) is 5.75 Å². The lowest BCUT2D eigenvalue weighted by Gasteiger charge is -2.31. The number of carbonyl (C=O) groups excluding carboxylic acids is 2. The number of rotatable bonds is 8. The predicted molar refractivity (Wildman–Crippen MR) is 156 cm³/mol. The maximum atomic E-state index is 13.7. The summed E-state index contributed by atoms with van der Waals surface area (Å²) in [7, 11) is 0. The number of carbonyl (C=O) groups is 2. The van der Waals surface area contributed by atoms with Gasteiger partial charge in [0.2, 0.25) is 11.8 Å². The first-order chi connectivity index (χ1) is 20.4. The van der Waals surface area contributed by atoms with Gasteiger partial charge in [-0.1, -0.05) is 54.6 Å². The van der Waals surface area contributed by atoms with Crippen LogP contribution in [0.5, 0.6) is 5.75 Å². The number of allylic oxidation sites excluding steroid dienone is 1. The number of imide groups is 1. The summed E-state index contributed by atoms with van der Waals surface area (Å²) in [4.78, 5) is 39.1. The van der Waals surface area contributed by atoms with Crippen molar-refractivity contribution in [1.82, 2.24) is 0 Å². The molecule has 3 aliphatic rings. The number of fused-ring (bicyclic) bond motifs is 3. The van der Waals surface area contributed by atoms with E-state index in [0.29, 0.717) is 12.8 Å². The Labute approximate surface area is 242 Å². The van der Waals surface area contributed by atoms with E-state index in [-0.39, 0.29) is 54.7 Å². The summed E-state index contributed by atoms with van der Waals surface area (Å²) < 4.78 is 6.26. The third-order valence-corrected chi connectivity index (χ3v) is 8.53. The van der Waals surface area contributed by atoms with Crippen LogP contribution in [0.4, 0.5) is 11.4 Å². The number of anilines is 1. The number of nitro groups is 1. The minimum absolute atomic E-state index is 0.181. The Kier molecular flexibility index (Phi) is 7.45. The Morgan fingerprint density at radius 3 is 2.52 bits per heavy atom. The highest BCUT2D eigenvalue weighted by atomic mass is 16.6. The SMILES string of the molecule is O=C1[C@@H]2[C@@H](CC(CO)=C3[C@@H](CC/C(=C/c4cccc(O)c4)c4ccccc4)OC[C@@H]32)C(=O)N1c1cccc([N+](=O)[O-])c1. The fourth-order valence-electron chi connectivity index (χ4n) is 6.67. The van der Waals surface area contributed by atoms with Crippen molar-refractivity contribution >= 4 is 34.8 Å². The van der Waals surface area contributed by atoms with Crippen LogP contribution in [-0.4, -0.2) is 46.3 Å². The zero-order chi connectivity index (χ0) is 29.4. The Balaban J connectivity index is 1.27. The number of phenols is 1. The second-order valence-electron chi connectivity index (χ2n) is 10.9. The van der Waals surface area contributed by atoms with Crippen molar-refractivity contribution in [3.8, 4) is 5.75 Å². The van der Waals surface area contributed by atoms with Crippen molar-refractivity contribution in [2.75, 3.05) is 18.1 Å². The first-order valence-electron chi connectivity index (χ1n) is 14.0. The molecule has 0 aromatic heterocycles. The normalized spacial score (nSPS) is 23.7. The number of non-ortho nitro benzene ring substituents is 1. The van der Waals surface area contributed by atoms with Gasteiger partial charge in [-0.15, -0.1) is 0 Å². The molecule has 6 rings (SSSR count). The van der Waals surface area contributed by atoms with E-state index in [0.717, 1.165) is 32.7 Å². The Morgan fingerprint density at radius 1 is 1.00 bits per heavy atom. The minimum atomic E-state index is -0.652. The number of amides is 2. The molecule has 2 amide bonds. The van der Waals surface area contributed by atoms with Crippen LogP contribution in [0, 0.1) is 27.9 Å². The summed E-state index contributed by atoms with van der Waals surface area (Å²) in [5.41, 5.74) is 4.56. The Morgan fingerprint density at radius 2 is 1.79 bits per heavy atom. The first-order valence-corrected chi connectivity index (χ1v) is 14.0. The van der Waals surface area contributed by atoms with Crippen LogP contribution in [0.2, 0.25) is 0 Å². The van der Waals surface area contributed by atoms with Gasteiger partial charge in [-0.05, 0) is 65.3 Å². The predicted octanol–water partition coefficient (Wildman–Crippen LogP) is 5.13. The van der Waals surface area contributed by atoms with E-state index in [2.05, 4.69) is 0 Å². The van der Waals surface area contributed by atoms with Crippen molar-refractivity contribution in [1.29, 1.82) is 0 Å². The second kappa shape index (κ2) is 11.3. The molecule has 0 unspecified atom stereocenters. The number of aliphatic hydroxyl groups excluding tert-OH is 1. The number of aromatic hydroxyl groups is 1. The average Bonchev–Trinajstić information content (AvgIpc) is 3.53. The lowest BCUT2D eigenvalue weighted by Crippen LogP contribution is -2.35. The Hall–Kier alpha value is -4.60. The number of hydrogen-bond acceptors (Lipinski definition) is 7. The monoisotopic (exact) mass is 566 g/mol. The number of nitrogens with zero attached hydrogens (tertiary/aromatic N) is 2. The van der Waals surface area contributed by atoms with E-state index in [1.165, 1.54) is 24.3 Å². The fraction of sp³-hybridized carbons (Fsp3) is 0.273. The average molecular weight is 567 g/mol. The molecule has 1 aliphatic carbocycles. The summed E-state index contributed by atoms with van der Waals surface area (Å²) in [6.07, 6.45) is 3.19. The number of ether oxygens (including phenoxy) is 1. The second-order valence-corrected chi connectivity index (χ2v) is 10.9. The molecule has 4 atom stereocenters. The molecule has 2 saturated heterocycles. The number of phenolic OH excluding ortho intramolecular Hbond substituents is 1. The molecular weight excluding hydrogens is 536 g/mol.